The lowest BCUT2D eigenvalue weighted by molar-refractivity contribution is -0.138. The topological polar surface area (TPSA) is 59.1 Å². The number of pyridine rings is 1. The molecule has 0 aliphatic heterocycles. The van der Waals surface area contributed by atoms with Crippen LogP contribution in [-0.4, -0.2) is 10.1 Å². The monoisotopic (exact) mass is 228 g/mol. The number of nitrogens with zero attached hydrogens (tertiary/aromatic N) is 1. The highest BCUT2D eigenvalue weighted by atomic mass is 19.4. The van der Waals surface area contributed by atoms with E-state index in [-0.39, 0.29) is 0 Å². The molecule has 0 fully saturated rings. The molecule has 3 N–H and O–H groups in total. The number of anilines is 1. The van der Waals surface area contributed by atoms with E-state index in [1.165, 1.54) is 0 Å². The third kappa shape index (κ3) is 2.08. The summed E-state index contributed by atoms with van der Waals surface area (Å²) in [6.45, 7) is 0. The molecular formula is C7H5F5N2O. The van der Waals surface area contributed by atoms with E-state index >= 15 is 0 Å². The Labute approximate surface area is 80.3 Å². The fourth-order valence-corrected chi connectivity index (χ4v) is 0.987. The van der Waals surface area contributed by atoms with Crippen molar-refractivity contribution in [2.45, 2.75) is 12.6 Å². The van der Waals surface area contributed by atoms with Crippen LogP contribution in [0, 0.1) is 0 Å². The van der Waals surface area contributed by atoms with Gasteiger partial charge in [-0.2, -0.15) is 13.2 Å². The number of halogens is 5. The number of aromatic nitrogens is 1. The van der Waals surface area contributed by atoms with Crippen molar-refractivity contribution < 1.29 is 27.1 Å². The third-order valence-electron chi connectivity index (χ3n) is 1.60. The van der Waals surface area contributed by atoms with Crippen molar-refractivity contribution in [3.05, 3.63) is 17.5 Å². The SMILES string of the molecule is Nc1cnc(C(F)F)c(O)c1C(F)(F)F. The van der Waals surface area contributed by atoms with E-state index in [9.17, 15) is 22.0 Å². The molecule has 0 aliphatic carbocycles. The summed E-state index contributed by atoms with van der Waals surface area (Å²) in [5.41, 5.74) is 0.967. The zero-order chi connectivity index (χ0) is 11.8. The Bertz CT molecular complexity index is 376. The first-order valence-corrected chi connectivity index (χ1v) is 3.57. The molecule has 0 bridgehead atoms. The lowest BCUT2D eigenvalue weighted by Crippen LogP contribution is -2.11. The van der Waals surface area contributed by atoms with E-state index < -0.39 is 35.3 Å². The van der Waals surface area contributed by atoms with Crippen LogP contribution < -0.4 is 5.73 Å². The molecule has 0 spiro atoms. The minimum atomic E-state index is -5.00. The first kappa shape index (κ1) is 11.5. The van der Waals surface area contributed by atoms with E-state index in [2.05, 4.69) is 4.98 Å². The van der Waals surface area contributed by atoms with Crippen LogP contribution in [0.3, 0.4) is 0 Å². The number of hydrogen-bond acceptors (Lipinski definition) is 3. The minimum absolute atomic E-state index is 0.435. The maximum absolute atomic E-state index is 12.2. The highest BCUT2D eigenvalue weighted by Gasteiger charge is 2.38. The van der Waals surface area contributed by atoms with Crippen LogP contribution in [0.25, 0.3) is 0 Å². The molecule has 84 valence electrons. The quantitative estimate of drug-likeness (QED) is 0.725. The largest absolute Gasteiger partial charge is 0.505 e. The number of hydrogen-bond donors (Lipinski definition) is 2. The molecule has 0 saturated heterocycles. The summed E-state index contributed by atoms with van der Waals surface area (Å²) >= 11 is 0. The van der Waals surface area contributed by atoms with Gasteiger partial charge in [-0.25, -0.2) is 13.8 Å². The third-order valence-corrected chi connectivity index (χ3v) is 1.60. The number of nitrogens with two attached hydrogens (primary N) is 1. The molecule has 1 heterocycles. The molecule has 1 aromatic rings. The van der Waals surface area contributed by atoms with Gasteiger partial charge in [0.2, 0.25) is 0 Å². The van der Waals surface area contributed by atoms with Crippen LogP contribution >= 0.6 is 0 Å². The van der Waals surface area contributed by atoms with Crippen molar-refractivity contribution in [2.24, 2.45) is 0 Å². The van der Waals surface area contributed by atoms with Gasteiger partial charge >= 0.3 is 6.18 Å². The summed E-state index contributed by atoms with van der Waals surface area (Å²) in [7, 11) is 0. The van der Waals surface area contributed by atoms with Crippen molar-refractivity contribution in [2.75, 3.05) is 5.73 Å². The Hall–Kier alpha value is -1.60. The second-order valence-electron chi connectivity index (χ2n) is 2.62. The Kier molecular flexibility index (Phi) is 2.69. The number of alkyl halides is 5. The predicted octanol–water partition coefficient (Wildman–Crippen LogP) is 2.33. The van der Waals surface area contributed by atoms with Crippen LogP contribution in [0.5, 0.6) is 5.75 Å². The fraction of sp³-hybridized carbons (Fsp3) is 0.286. The van der Waals surface area contributed by atoms with Gasteiger partial charge in [-0.05, 0) is 0 Å². The maximum Gasteiger partial charge on any atom is 0.422 e. The Morgan fingerprint density at radius 1 is 1.33 bits per heavy atom. The Balaban J connectivity index is 3.44. The summed E-state index contributed by atoms with van der Waals surface area (Å²) in [4.78, 5) is 2.93. The van der Waals surface area contributed by atoms with E-state index in [1.807, 2.05) is 0 Å². The van der Waals surface area contributed by atoms with Crippen LogP contribution in [0.2, 0.25) is 0 Å². The maximum atomic E-state index is 12.2. The summed E-state index contributed by atoms with van der Waals surface area (Å²) in [5.74, 6) is -1.63. The van der Waals surface area contributed by atoms with Crippen LogP contribution in [-0.2, 0) is 6.18 Å². The molecule has 3 nitrogen and oxygen atoms in total. The molecular weight excluding hydrogens is 223 g/mol. The lowest BCUT2D eigenvalue weighted by atomic mass is 10.1. The van der Waals surface area contributed by atoms with Gasteiger partial charge in [0.15, 0.2) is 5.75 Å². The average Bonchev–Trinajstić information content (AvgIpc) is 2.00. The fourth-order valence-electron chi connectivity index (χ4n) is 0.987. The highest BCUT2D eigenvalue weighted by Crippen LogP contribution is 2.42. The van der Waals surface area contributed by atoms with Gasteiger partial charge in [-0.3, -0.25) is 0 Å². The average molecular weight is 228 g/mol. The van der Waals surface area contributed by atoms with E-state index in [4.69, 9.17) is 10.8 Å². The summed E-state index contributed by atoms with van der Waals surface area (Å²) in [6.07, 6.45) is -7.86. The summed E-state index contributed by atoms with van der Waals surface area (Å²) in [6, 6.07) is 0. The van der Waals surface area contributed by atoms with Gasteiger partial charge in [-0.15, -0.1) is 0 Å². The Morgan fingerprint density at radius 3 is 2.27 bits per heavy atom. The number of nitrogen functional groups attached to an aromatic ring is 1. The zero-order valence-corrected chi connectivity index (χ0v) is 7.02. The van der Waals surface area contributed by atoms with E-state index in [0.29, 0.717) is 6.20 Å². The standard InChI is InChI=1S/C7H5F5N2O/c8-6(9)4-5(15)3(7(10,11)12)2(13)1-14-4/h1,6,15H,13H2. The molecule has 0 radical (unpaired) electrons. The smallest absolute Gasteiger partial charge is 0.422 e. The summed E-state index contributed by atoms with van der Waals surface area (Å²) in [5, 5.41) is 8.93. The van der Waals surface area contributed by atoms with Crippen molar-refractivity contribution in [1.29, 1.82) is 0 Å². The lowest BCUT2D eigenvalue weighted by Gasteiger charge is -2.13. The van der Waals surface area contributed by atoms with Gasteiger partial charge in [-0.1, -0.05) is 0 Å². The van der Waals surface area contributed by atoms with Crippen LogP contribution in [0.1, 0.15) is 17.7 Å². The molecule has 0 aliphatic rings. The van der Waals surface area contributed by atoms with E-state index in [0.717, 1.165) is 0 Å². The normalized spacial score (nSPS) is 12.1. The molecule has 0 aromatic carbocycles. The van der Waals surface area contributed by atoms with Crippen molar-refractivity contribution >= 4 is 5.69 Å². The second kappa shape index (κ2) is 3.52. The number of rotatable bonds is 1. The molecule has 0 unspecified atom stereocenters. The highest BCUT2D eigenvalue weighted by molar-refractivity contribution is 5.55. The predicted molar refractivity (Wildman–Crippen MR) is 40.3 cm³/mol. The molecule has 8 heteroatoms. The van der Waals surface area contributed by atoms with Crippen molar-refractivity contribution in [3.8, 4) is 5.75 Å². The minimum Gasteiger partial charge on any atom is -0.505 e. The molecule has 0 saturated carbocycles. The molecule has 15 heavy (non-hydrogen) atoms. The summed E-state index contributed by atoms with van der Waals surface area (Å²) < 4.78 is 60.9. The van der Waals surface area contributed by atoms with Gasteiger partial charge in [0.25, 0.3) is 6.43 Å². The van der Waals surface area contributed by atoms with Gasteiger partial charge in [0.1, 0.15) is 11.3 Å². The first-order valence-electron chi connectivity index (χ1n) is 3.57. The Morgan fingerprint density at radius 2 is 1.87 bits per heavy atom. The van der Waals surface area contributed by atoms with Crippen molar-refractivity contribution in [1.82, 2.24) is 4.98 Å². The molecule has 1 aromatic heterocycles. The first-order chi connectivity index (χ1) is 6.75. The zero-order valence-electron chi connectivity index (χ0n) is 7.02. The molecule has 1 rings (SSSR count). The molecule has 0 amide bonds. The van der Waals surface area contributed by atoms with Gasteiger partial charge in [0.05, 0.1) is 11.9 Å². The molecule has 0 atom stereocenters. The van der Waals surface area contributed by atoms with E-state index in [1.54, 1.807) is 0 Å². The second-order valence-corrected chi connectivity index (χ2v) is 2.62. The van der Waals surface area contributed by atoms with Crippen LogP contribution in [0.15, 0.2) is 6.20 Å². The van der Waals surface area contributed by atoms with Crippen molar-refractivity contribution in [3.63, 3.8) is 0 Å². The van der Waals surface area contributed by atoms with Gasteiger partial charge < -0.3 is 10.8 Å². The number of aromatic hydroxyl groups is 1. The van der Waals surface area contributed by atoms with Crippen LogP contribution in [0.4, 0.5) is 27.6 Å². The van der Waals surface area contributed by atoms with Gasteiger partial charge in [0, 0.05) is 0 Å².